The van der Waals surface area contributed by atoms with Gasteiger partial charge in [-0.1, -0.05) is 0 Å². The number of halogens is 2. The fourth-order valence-corrected chi connectivity index (χ4v) is 1.17. The Morgan fingerprint density at radius 2 is 1.93 bits per heavy atom. The first-order chi connectivity index (χ1) is 6.75. The lowest BCUT2D eigenvalue weighted by Gasteiger charge is -2.07. The van der Waals surface area contributed by atoms with Crippen molar-refractivity contribution in [3.8, 4) is 0 Å². The van der Waals surface area contributed by atoms with Gasteiger partial charge in [0.2, 0.25) is 0 Å². The number of nitrogens with zero attached hydrogens (tertiary/aromatic N) is 1. The second-order valence-electron chi connectivity index (χ2n) is 3.69. The Labute approximate surface area is 85.2 Å². The zero-order valence-corrected chi connectivity index (χ0v) is 8.33. The molecule has 1 N–H and O–H groups in total. The number of carbonyl (C=O) groups excluding carboxylic acids is 1. The first kappa shape index (κ1) is 11.6. The maximum absolute atomic E-state index is 12.6. The summed E-state index contributed by atoms with van der Waals surface area (Å²) < 4.78 is 25.1. The van der Waals surface area contributed by atoms with E-state index >= 15 is 0 Å². The Hall–Kier alpha value is -1.46. The molecule has 0 spiro atoms. The monoisotopic (exact) mass is 219 g/mol. The van der Waals surface area contributed by atoms with Crippen molar-refractivity contribution in [1.82, 2.24) is 4.90 Å². The van der Waals surface area contributed by atoms with Crippen LogP contribution in [0.1, 0.15) is 6.42 Å². The number of alkyl halides is 2. The van der Waals surface area contributed by atoms with Gasteiger partial charge in [-0.15, -0.1) is 0 Å². The van der Waals surface area contributed by atoms with Crippen molar-refractivity contribution in [2.45, 2.75) is 12.3 Å². The molecule has 1 rings (SSSR count). The lowest BCUT2D eigenvalue weighted by molar-refractivity contribution is -0.135. The highest BCUT2D eigenvalue weighted by atomic mass is 19.3. The van der Waals surface area contributed by atoms with Crippen LogP contribution < -0.4 is 0 Å². The number of Topliss-reactive ketones (excluding diaryl/α,β-unsaturated/α-hetero) is 1. The molecule has 0 saturated heterocycles. The second kappa shape index (κ2) is 3.60. The molecule has 0 heterocycles. The number of aliphatic carboxylic acids is 1. The van der Waals surface area contributed by atoms with Crippen LogP contribution in [0.5, 0.6) is 0 Å². The van der Waals surface area contributed by atoms with E-state index in [4.69, 9.17) is 5.11 Å². The van der Waals surface area contributed by atoms with Gasteiger partial charge in [0.05, 0.1) is 5.92 Å². The van der Waals surface area contributed by atoms with Gasteiger partial charge in [-0.05, 0) is 0 Å². The van der Waals surface area contributed by atoms with Crippen molar-refractivity contribution < 1.29 is 23.5 Å². The summed E-state index contributed by atoms with van der Waals surface area (Å²) in [5.41, 5.74) is -0.595. The lowest BCUT2D eigenvalue weighted by atomic mass is 10.1. The second-order valence-corrected chi connectivity index (χ2v) is 3.69. The summed E-state index contributed by atoms with van der Waals surface area (Å²) in [6.45, 7) is 0. The van der Waals surface area contributed by atoms with Crippen LogP contribution in [-0.2, 0) is 9.59 Å². The minimum Gasteiger partial charge on any atom is -0.478 e. The summed E-state index contributed by atoms with van der Waals surface area (Å²) in [5, 5.41) is 8.68. The molecule has 15 heavy (non-hydrogen) atoms. The van der Waals surface area contributed by atoms with Crippen molar-refractivity contribution in [1.29, 1.82) is 0 Å². The van der Waals surface area contributed by atoms with Crippen LogP contribution in [-0.4, -0.2) is 41.8 Å². The van der Waals surface area contributed by atoms with E-state index in [1.54, 1.807) is 0 Å². The molecule has 0 aliphatic heterocycles. The van der Waals surface area contributed by atoms with E-state index in [0.29, 0.717) is 0 Å². The van der Waals surface area contributed by atoms with Crippen LogP contribution in [0.4, 0.5) is 8.78 Å². The molecule has 0 aromatic rings. The van der Waals surface area contributed by atoms with Gasteiger partial charge in [-0.3, -0.25) is 4.79 Å². The average molecular weight is 219 g/mol. The number of carboxylic acids is 1. The van der Waals surface area contributed by atoms with Gasteiger partial charge in [0.15, 0.2) is 5.78 Å². The minimum atomic E-state index is -3.03. The van der Waals surface area contributed by atoms with Gasteiger partial charge in [0.1, 0.15) is 5.57 Å². The van der Waals surface area contributed by atoms with Crippen LogP contribution in [0.2, 0.25) is 0 Å². The van der Waals surface area contributed by atoms with Crippen molar-refractivity contribution in [3.05, 3.63) is 11.8 Å². The third kappa shape index (κ3) is 2.51. The van der Waals surface area contributed by atoms with E-state index < -0.39 is 35.6 Å². The van der Waals surface area contributed by atoms with Gasteiger partial charge >= 0.3 is 5.97 Å². The van der Waals surface area contributed by atoms with Crippen molar-refractivity contribution >= 4 is 11.8 Å². The summed E-state index contributed by atoms with van der Waals surface area (Å²) >= 11 is 0. The molecular weight excluding hydrogens is 208 g/mol. The molecular formula is C9H11F2NO3. The van der Waals surface area contributed by atoms with Crippen LogP contribution in [0, 0.1) is 5.92 Å². The van der Waals surface area contributed by atoms with Crippen molar-refractivity contribution in [2.24, 2.45) is 5.92 Å². The lowest BCUT2D eigenvalue weighted by Crippen LogP contribution is -2.20. The number of carbonyl (C=O) groups is 2. The number of hydrogen-bond donors (Lipinski definition) is 1. The summed E-state index contributed by atoms with van der Waals surface area (Å²) in [5.74, 6) is -6.96. The highest BCUT2D eigenvalue weighted by molar-refractivity contribution is 6.18. The molecule has 6 heteroatoms. The number of hydrogen-bond acceptors (Lipinski definition) is 3. The molecule has 0 amide bonds. The quantitative estimate of drug-likeness (QED) is 0.430. The van der Waals surface area contributed by atoms with Gasteiger partial charge in [-0.25, -0.2) is 13.6 Å². The number of carboxylic acid groups (broad SMARTS) is 1. The maximum atomic E-state index is 12.6. The minimum absolute atomic E-state index is 0.552. The SMILES string of the molecule is CN(C)C=C(C(=O)O)C(=O)C1CC1(F)F. The Bertz CT molecular complexity index is 336. The third-order valence-corrected chi connectivity index (χ3v) is 2.03. The summed E-state index contributed by atoms with van der Waals surface area (Å²) in [6.07, 6.45) is 0.489. The van der Waals surface area contributed by atoms with E-state index in [-0.39, 0.29) is 0 Å². The molecule has 1 aliphatic carbocycles. The van der Waals surface area contributed by atoms with Crippen LogP contribution in [0.25, 0.3) is 0 Å². The molecule has 84 valence electrons. The molecule has 4 nitrogen and oxygen atoms in total. The third-order valence-electron chi connectivity index (χ3n) is 2.03. The van der Waals surface area contributed by atoms with E-state index in [9.17, 15) is 18.4 Å². The molecule has 0 bridgehead atoms. The normalized spacial score (nSPS) is 23.5. The van der Waals surface area contributed by atoms with E-state index in [1.165, 1.54) is 19.0 Å². The van der Waals surface area contributed by atoms with Crippen LogP contribution in [0.15, 0.2) is 11.8 Å². The first-order valence-electron chi connectivity index (χ1n) is 4.29. The van der Waals surface area contributed by atoms with Crippen LogP contribution in [0.3, 0.4) is 0 Å². The summed E-state index contributed by atoms with van der Waals surface area (Å²) in [4.78, 5) is 23.3. The van der Waals surface area contributed by atoms with Gasteiger partial charge in [0.25, 0.3) is 5.92 Å². The molecule has 1 saturated carbocycles. The molecule has 0 radical (unpaired) electrons. The summed E-state index contributed by atoms with van der Waals surface area (Å²) in [6, 6.07) is 0. The van der Waals surface area contributed by atoms with Gasteiger partial charge < -0.3 is 10.0 Å². The highest BCUT2D eigenvalue weighted by Gasteiger charge is 2.62. The highest BCUT2D eigenvalue weighted by Crippen LogP contribution is 2.50. The number of ketones is 1. The Morgan fingerprint density at radius 1 is 1.47 bits per heavy atom. The largest absolute Gasteiger partial charge is 0.478 e. The van der Waals surface area contributed by atoms with E-state index in [0.717, 1.165) is 6.20 Å². The molecule has 0 aromatic heterocycles. The summed E-state index contributed by atoms with van der Waals surface area (Å²) in [7, 11) is 3.03. The van der Waals surface area contributed by atoms with E-state index in [1.807, 2.05) is 0 Å². The fraction of sp³-hybridized carbons (Fsp3) is 0.556. The fourth-order valence-electron chi connectivity index (χ4n) is 1.17. The Morgan fingerprint density at radius 3 is 2.20 bits per heavy atom. The maximum Gasteiger partial charge on any atom is 0.340 e. The van der Waals surface area contributed by atoms with Gasteiger partial charge in [-0.2, -0.15) is 0 Å². The molecule has 1 fully saturated rings. The number of rotatable bonds is 4. The predicted molar refractivity (Wildman–Crippen MR) is 47.5 cm³/mol. The zero-order chi connectivity index (χ0) is 11.8. The van der Waals surface area contributed by atoms with Crippen LogP contribution >= 0.6 is 0 Å². The van der Waals surface area contributed by atoms with Crippen molar-refractivity contribution in [2.75, 3.05) is 14.1 Å². The predicted octanol–water partition coefficient (Wildman–Crippen LogP) is 0.741. The van der Waals surface area contributed by atoms with Gasteiger partial charge in [0, 0.05) is 26.7 Å². The molecule has 1 atom stereocenters. The zero-order valence-electron chi connectivity index (χ0n) is 8.33. The molecule has 1 unspecified atom stereocenters. The Kier molecular flexibility index (Phi) is 2.79. The smallest absolute Gasteiger partial charge is 0.340 e. The molecule has 0 aromatic carbocycles. The van der Waals surface area contributed by atoms with Crippen molar-refractivity contribution in [3.63, 3.8) is 0 Å². The average Bonchev–Trinajstić information content (AvgIpc) is 2.69. The topological polar surface area (TPSA) is 57.6 Å². The Balaban J connectivity index is 2.84. The first-order valence-corrected chi connectivity index (χ1v) is 4.29. The van der Waals surface area contributed by atoms with E-state index in [2.05, 4.69) is 0 Å². The molecule has 1 aliphatic rings. The standard InChI is InChI=1S/C9H11F2NO3/c1-12(2)4-5(8(14)15)7(13)6-3-9(6,10)11/h4,6H,3H2,1-2H3,(H,14,15).